The van der Waals surface area contributed by atoms with Gasteiger partial charge < -0.3 is 13.9 Å². The molecule has 1 aromatic heterocycles. The van der Waals surface area contributed by atoms with Gasteiger partial charge in [0.25, 0.3) is 0 Å². The van der Waals surface area contributed by atoms with Crippen molar-refractivity contribution < 1.29 is 18.7 Å². The highest BCUT2D eigenvalue weighted by molar-refractivity contribution is 5.74. The summed E-state index contributed by atoms with van der Waals surface area (Å²) in [6, 6.07) is 6.24. The summed E-state index contributed by atoms with van der Waals surface area (Å²) in [6.07, 6.45) is 13.6. The zero-order valence-electron chi connectivity index (χ0n) is 17.7. The van der Waals surface area contributed by atoms with Crippen molar-refractivity contribution in [1.82, 2.24) is 4.98 Å². The summed E-state index contributed by atoms with van der Waals surface area (Å²) < 4.78 is 16.6. The fourth-order valence-electron chi connectivity index (χ4n) is 4.50. The second kappa shape index (κ2) is 9.33. The van der Waals surface area contributed by atoms with E-state index in [1.54, 1.807) is 6.26 Å². The summed E-state index contributed by atoms with van der Waals surface area (Å²) in [5.74, 6) is 1.60. The number of aromatic nitrogens is 1. The van der Waals surface area contributed by atoms with Crippen LogP contribution in [0.25, 0.3) is 5.57 Å². The highest BCUT2D eigenvalue weighted by atomic mass is 16.5. The molecule has 2 aliphatic rings. The van der Waals surface area contributed by atoms with Gasteiger partial charge in [-0.3, -0.25) is 4.79 Å². The molecule has 0 saturated carbocycles. The maximum Gasteiger partial charge on any atom is 0.309 e. The lowest BCUT2D eigenvalue weighted by molar-refractivity contribution is -0.146. The van der Waals surface area contributed by atoms with Crippen molar-refractivity contribution >= 4 is 11.5 Å². The molecule has 0 bridgehead atoms. The van der Waals surface area contributed by atoms with Crippen molar-refractivity contribution in [1.29, 1.82) is 0 Å². The zero-order valence-corrected chi connectivity index (χ0v) is 17.7. The van der Waals surface area contributed by atoms with E-state index in [1.807, 2.05) is 13.0 Å². The molecule has 2 unspecified atom stereocenters. The van der Waals surface area contributed by atoms with Crippen LogP contribution in [0.1, 0.15) is 61.2 Å². The van der Waals surface area contributed by atoms with Crippen LogP contribution in [0.2, 0.25) is 0 Å². The lowest BCUT2D eigenvalue weighted by Gasteiger charge is -2.20. The molecule has 0 spiro atoms. The first-order valence-electron chi connectivity index (χ1n) is 10.8. The smallest absolute Gasteiger partial charge is 0.309 e. The molecule has 0 N–H and O–H groups in total. The number of esters is 1. The summed E-state index contributed by atoms with van der Waals surface area (Å²) in [7, 11) is 1.47. The first kappa shape index (κ1) is 20.5. The van der Waals surface area contributed by atoms with Gasteiger partial charge in [-0.15, -0.1) is 0 Å². The molecular formula is C25H29NO4. The van der Waals surface area contributed by atoms with Crippen molar-refractivity contribution in [2.45, 2.75) is 51.4 Å². The molecule has 4 rings (SSSR count). The molecule has 30 heavy (non-hydrogen) atoms. The predicted octanol–water partition coefficient (Wildman–Crippen LogP) is 5.26. The summed E-state index contributed by atoms with van der Waals surface area (Å²) in [4.78, 5) is 16.7. The van der Waals surface area contributed by atoms with Crippen LogP contribution >= 0.6 is 0 Å². The maximum atomic E-state index is 12.1. The largest absolute Gasteiger partial charge is 0.493 e. The highest BCUT2D eigenvalue weighted by Gasteiger charge is 2.33. The van der Waals surface area contributed by atoms with Crippen LogP contribution in [0.3, 0.4) is 0 Å². The number of carbonyl (C=O) groups excluding carboxylic acids is 1. The van der Waals surface area contributed by atoms with Crippen molar-refractivity contribution in [3.63, 3.8) is 0 Å². The molecule has 0 saturated heterocycles. The number of hydrogen-bond donors (Lipinski definition) is 0. The highest BCUT2D eigenvalue weighted by Crippen LogP contribution is 2.41. The molecule has 0 aliphatic heterocycles. The maximum absolute atomic E-state index is 12.1. The average Bonchev–Trinajstić information content (AvgIpc) is 3.42. The number of rotatable bonds is 8. The molecule has 5 nitrogen and oxygen atoms in total. The Kier molecular flexibility index (Phi) is 6.36. The third-order valence-electron chi connectivity index (χ3n) is 6.09. The third kappa shape index (κ3) is 4.35. The molecule has 2 atom stereocenters. The normalized spacial score (nSPS) is 18.6. The van der Waals surface area contributed by atoms with Crippen molar-refractivity contribution in [2.75, 3.05) is 13.7 Å². The lowest BCUT2D eigenvalue weighted by Crippen LogP contribution is -2.21. The van der Waals surface area contributed by atoms with Gasteiger partial charge in [-0.2, -0.15) is 0 Å². The van der Waals surface area contributed by atoms with Crippen molar-refractivity contribution in [3.05, 3.63) is 65.4 Å². The standard InChI is InChI=1S/C25H29NO4/c1-3-21(25(27)28-2)23-11-9-18-15-20(10-12-22(18)23)29-14-13-19-16-30-24(26-19)17-7-5-4-6-8-17/h5,7-8,10,12,15-16,21,23H,3-4,6,9,11,13-14H2,1-2H3. The Balaban J connectivity index is 1.35. The molecule has 5 heteroatoms. The van der Waals surface area contributed by atoms with Crippen molar-refractivity contribution in [3.8, 4) is 5.75 Å². The van der Waals surface area contributed by atoms with Crippen LogP contribution in [0.15, 0.2) is 47.1 Å². The Morgan fingerprint density at radius 1 is 1.33 bits per heavy atom. The Morgan fingerprint density at radius 2 is 2.23 bits per heavy atom. The number of methoxy groups -OCH3 is 1. The molecule has 158 valence electrons. The van der Waals surface area contributed by atoms with Crippen LogP contribution in [0, 0.1) is 5.92 Å². The summed E-state index contributed by atoms with van der Waals surface area (Å²) in [5, 5.41) is 0. The van der Waals surface area contributed by atoms with Crippen LogP contribution in [-0.2, 0) is 22.4 Å². The van der Waals surface area contributed by atoms with Gasteiger partial charge in [0, 0.05) is 12.0 Å². The molecule has 1 aromatic carbocycles. The Bertz CT molecular complexity index is 956. The Labute approximate surface area is 177 Å². The van der Waals surface area contributed by atoms with E-state index >= 15 is 0 Å². The van der Waals surface area contributed by atoms with Gasteiger partial charge in [-0.1, -0.05) is 31.2 Å². The summed E-state index contributed by atoms with van der Waals surface area (Å²) in [5.41, 5.74) is 4.49. The topological polar surface area (TPSA) is 61.6 Å². The number of fused-ring (bicyclic) bond motifs is 1. The molecule has 0 amide bonds. The number of aryl methyl sites for hydroxylation is 1. The van der Waals surface area contributed by atoms with Gasteiger partial charge in [0.05, 0.1) is 25.3 Å². The van der Waals surface area contributed by atoms with E-state index in [9.17, 15) is 4.79 Å². The molecular weight excluding hydrogens is 378 g/mol. The van der Waals surface area contributed by atoms with Crippen LogP contribution < -0.4 is 4.74 Å². The molecule has 0 fully saturated rings. The van der Waals surface area contributed by atoms with E-state index < -0.39 is 0 Å². The third-order valence-corrected chi connectivity index (χ3v) is 6.09. The Morgan fingerprint density at radius 3 is 3.00 bits per heavy atom. The number of benzene rings is 1. The van der Waals surface area contributed by atoms with E-state index in [4.69, 9.17) is 13.9 Å². The number of ether oxygens (including phenoxy) is 2. The number of hydrogen-bond acceptors (Lipinski definition) is 5. The average molecular weight is 408 g/mol. The summed E-state index contributed by atoms with van der Waals surface area (Å²) in [6.45, 7) is 2.59. The minimum absolute atomic E-state index is 0.0708. The van der Waals surface area contributed by atoms with Gasteiger partial charge in [0.1, 0.15) is 12.0 Å². The van der Waals surface area contributed by atoms with Gasteiger partial charge in [0.15, 0.2) is 0 Å². The summed E-state index contributed by atoms with van der Waals surface area (Å²) >= 11 is 0. The van der Waals surface area contributed by atoms with E-state index in [0.29, 0.717) is 18.9 Å². The predicted molar refractivity (Wildman–Crippen MR) is 115 cm³/mol. The van der Waals surface area contributed by atoms with E-state index in [-0.39, 0.29) is 17.8 Å². The number of nitrogens with zero attached hydrogens (tertiary/aromatic N) is 1. The Hall–Kier alpha value is -2.82. The molecule has 0 radical (unpaired) electrons. The van der Waals surface area contributed by atoms with Gasteiger partial charge in [0.2, 0.25) is 5.89 Å². The van der Waals surface area contributed by atoms with Crippen LogP contribution in [0.4, 0.5) is 0 Å². The lowest BCUT2D eigenvalue weighted by atomic mass is 9.85. The first-order valence-corrected chi connectivity index (χ1v) is 10.8. The van der Waals surface area contributed by atoms with E-state index in [1.165, 1.54) is 18.2 Å². The first-order chi connectivity index (χ1) is 14.7. The fraction of sp³-hybridized carbons (Fsp3) is 0.440. The van der Waals surface area contributed by atoms with Crippen molar-refractivity contribution in [2.24, 2.45) is 5.92 Å². The number of allylic oxidation sites excluding steroid dienone is 4. The van der Waals surface area contributed by atoms with E-state index in [2.05, 4.69) is 35.3 Å². The van der Waals surface area contributed by atoms with Gasteiger partial charge in [-0.25, -0.2) is 4.98 Å². The van der Waals surface area contributed by atoms with Crippen LogP contribution in [-0.4, -0.2) is 24.7 Å². The van der Waals surface area contributed by atoms with Gasteiger partial charge in [-0.05, 0) is 61.3 Å². The SMILES string of the molecule is CCC(C(=O)OC)C1CCc2cc(OCCc3coc(C4=CCCC=C4)n3)ccc21. The number of carbonyl (C=O) groups is 1. The second-order valence-corrected chi connectivity index (χ2v) is 7.93. The van der Waals surface area contributed by atoms with Crippen LogP contribution in [0.5, 0.6) is 5.75 Å². The number of oxazole rings is 1. The zero-order chi connectivity index (χ0) is 20.9. The van der Waals surface area contributed by atoms with E-state index in [0.717, 1.165) is 49.1 Å². The minimum Gasteiger partial charge on any atom is -0.493 e. The molecule has 2 aromatic rings. The van der Waals surface area contributed by atoms with Gasteiger partial charge >= 0.3 is 5.97 Å². The molecule has 1 heterocycles. The fourth-order valence-corrected chi connectivity index (χ4v) is 4.50. The monoisotopic (exact) mass is 407 g/mol. The quantitative estimate of drug-likeness (QED) is 0.559. The minimum atomic E-state index is -0.109. The second-order valence-electron chi connectivity index (χ2n) is 7.93. The molecule has 2 aliphatic carbocycles.